The van der Waals surface area contributed by atoms with E-state index in [4.69, 9.17) is 15.3 Å². The van der Waals surface area contributed by atoms with Crippen LogP contribution in [-0.4, -0.2) is 37.8 Å². The molecule has 4 N–H and O–H groups in total. The van der Waals surface area contributed by atoms with E-state index in [1.54, 1.807) is 24.3 Å². The van der Waals surface area contributed by atoms with Gasteiger partial charge in [0.15, 0.2) is 0 Å². The minimum atomic E-state index is -1.50. The van der Waals surface area contributed by atoms with E-state index < -0.39 is 7.12 Å². The van der Waals surface area contributed by atoms with Gasteiger partial charge in [-0.1, -0.05) is 12.1 Å². The van der Waals surface area contributed by atoms with Crippen LogP contribution in [0.1, 0.15) is 5.82 Å². The number of anilines is 1. The molecule has 0 aliphatic heterocycles. The predicted octanol–water partition coefficient (Wildman–Crippen LogP) is -1.14. The van der Waals surface area contributed by atoms with Crippen LogP contribution in [0.2, 0.25) is 0 Å². The average Bonchev–Trinajstić information content (AvgIpc) is 2.94. The normalized spacial score (nSPS) is 10.9. The number of nitrogens with zero attached hydrogens (tertiary/aromatic N) is 4. The summed E-state index contributed by atoms with van der Waals surface area (Å²) in [5.41, 5.74) is 1.29. The van der Waals surface area contributed by atoms with Crippen LogP contribution in [0.25, 0.3) is 5.57 Å². The number of hydrogen-bond donors (Lipinski definition) is 4. The average molecular weight is 256 g/mol. The fourth-order valence-corrected chi connectivity index (χ4v) is 1.33. The predicted molar refractivity (Wildman–Crippen MR) is 67.7 cm³/mol. The first-order valence-electron chi connectivity index (χ1n) is 5.27. The molecule has 0 radical (unpaired) electrons. The Hall–Kier alpha value is -2.70. The van der Waals surface area contributed by atoms with Gasteiger partial charge < -0.3 is 15.4 Å². The lowest BCUT2D eigenvalue weighted by Crippen LogP contribution is -2.29. The van der Waals surface area contributed by atoms with Crippen molar-refractivity contribution in [2.75, 3.05) is 5.32 Å². The van der Waals surface area contributed by atoms with Crippen molar-refractivity contribution in [3.63, 3.8) is 0 Å². The molecule has 8 nitrogen and oxygen atoms in total. The molecule has 0 spiro atoms. The zero-order valence-electron chi connectivity index (χ0n) is 9.65. The minimum absolute atomic E-state index is 0.192. The van der Waals surface area contributed by atoms with Crippen LogP contribution in [0.4, 0.5) is 5.69 Å². The Kier molecular flexibility index (Phi) is 3.87. The van der Waals surface area contributed by atoms with Crippen molar-refractivity contribution in [2.45, 2.75) is 0 Å². The summed E-state index contributed by atoms with van der Waals surface area (Å²) in [5, 5.41) is 42.7. The summed E-state index contributed by atoms with van der Waals surface area (Å²) in [7, 11) is -1.50. The van der Waals surface area contributed by atoms with E-state index in [9.17, 15) is 0 Å². The first-order valence-corrected chi connectivity index (χ1v) is 5.27. The molecule has 2 aromatic rings. The van der Waals surface area contributed by atoms with Gasteiger partial charge >= 0.3 is 7.12 Å². The van der Waals surface area contributed by atoms with E-state index >= 15 is 0 Å². The Bertz CT molecular complexity index is 602. The molecule has 9 heteroatoms. The molecule has 0 atom stereocenters. The largest absolute Gasteiger partial charge is 0.488 e. The molecule has 1 aromatic carbocycles. The fourth-order valence-electron chi connectivity index (χ4n) is 1.33. The molecule has 0 amide bonds. The van der Waals surface area contributed by atoms with Gasteiger partial charge in [-0.25, -0.2) is 0 Å². The van der Waals surface area contributed by atoms with Crippen molar-refractivity contribution in [1.82, 2.24) is 20.6 Å². The molecule has 0 bridgehead atoms. The van der Waals surface area contributed by atoms with E-state index in [1.807, 2.05) is 6.07 Å². The third kappa shape index (κ3) is 3.15. The summed E-state index contributed by atoms with van der Waals surface area (Å²) in [6.45, 7) is 0. The van der Waals surface area contributed by atoms with Gasteiger partial charge in [-0.3, -0.25) is 0 Å². The standard InChI is InChI=1S/C10H9BN6O2/c12-5-7(10-14-16-17-15-10)6-13-9-3-1-8(2-4-9)11(18)19/h1-4,6,13,18-19H,(H,14,15,16,17). The second kappa shape index (κ2) is 5.77. The Morgan fingerprint density at radius 2 is 2.11 bits per heavy atom. The highest BCUT2D eigenvalue weighted by Crippen LogP contribution is 2.09. The van der Waals surface area contributed by atoms with Gasteiger partial charge in [-0.05, 0) is 22.8 Å². The molecule has 94 valence electrons. The van der Waals surface area contributed by atoms with E-state index in [0.717, 1.165) is 0 Å². The third-order valence-corrected chi connectivity index (χ3v) is 2.30. The van der Waals surface area contributed by atoms with Gasteiger partial charge in [0, 0.05) is 11.9 Å². The number of nitriles is 1. The second-order valence-electron chi connectivity index (χ2n) is 3.55. The van der Waals surface area contributed by atoms with Gasteiger partial charge in [-0.2, -0.15) is 10.5 Å². The molecule has 19 heavy (non-hydrogen) atoms. The van der Waals surface area contributed by atoms with E-state index in [-0.39, 0.29) is 11.4 Å². The highest BCUT2D eigenvalue weighted by atomic mass is 16.4. The monoisotopic (exact) mass is 256 g/mol. The number of rotatable bonds is 4. The van der Waals surface area contributed by atoms with Crippen LogP contribution in [0.5, 0.6) is 0 Å². The van der Waals surface area contributed by atoms with Crippen molar-refractivity contribution in [3.05, 3.63) is 36.3 Å². The van der Waals surface area contributed by atoms with Gasteiger partial charge in [0.05, 0.1) is 0 Å². The summed E-state index contributed by atoms with van der Waals surface area (Å²) < 4.78 is 0. The van der Waals surface area contributed by atoms with Crippen LogP contribution in [-0.2, 0) is 0 Å². The number of benzene rings is 1. The smallest absolute Gasteiger partial charge is 0.423 e. The van der Waals surface area contributed by atoms with Crippen molar-refractivity contribution in [2.24, 2.45) is 0 Å². The topological polar surface area (TPSA) is 131 Å². The van der Waals surface area contributed by atoms with E-state index in [1.165, 1.54) is 6.20 Å². The van der Waals surface area contributed by atoms with Crippen LogP contribution >= 0.6 is 0 Å². The zero-order valence-corrected chi connectivity index (χ0v) is 9.65. The molecule has 1 heterocycles. The van der Waals surface area contributed by atoms with Crippen LogP contribution in [0.3, 0.4) is 0 Å². The van der Waals surface area contributed by atoms with Crippen molar-refractivity contribution < 1.29 is 10.0 Å². The quantitative estimate of drug-likeness (QED) is 0.401. The number of H-pyrrole nitrogens is 1. The van der Waals surface area contributed by atoms with E-state index in [0.29, 0.717) is 11.2 Å². The Morgan fingerprint density at radius 1 is 1.37 bits per heavy atom. The molecular formula is C10H9BN6O2. The van der Waals surface area contributed by atoms with Gasteiger partial charge in [0.25, 0.3) is 0 Å². The summed E-state index contributed by atoms with van der Waals surface area (Å²) in [6, 6.07) is 8.35. The number of allylic oxidation sites excluding steroid dienone is 1. The van der Waals surface area contributed by atoms with Crippen LogP contribution in [0.15, 0.2) is 30.5 Å². The van der Waals surface area contributed by atoms with Crippen molar-refractivity contribution >= 4 is 23.8 Å². The molecule has 0 unspecified atom stereocenters. The Balaban J connectivity index is 2.11. The van der Waals surface area contributed by atoms with Crippen molar-refractivity contribution in [3.8, 4) is 6.07 Å². The lowest BCUT2D eigenvalue weighted by Gasteiger charge is -2.03. The highest BCUT2D eigenvalue weighted by Gasteiger charge is 2.09. The molecular weight excluding hydrogens is 247 g/mol. The van der Waals surface area contributed by atoms with Gasteiger partial charge in [0.1, 0.15) is 11.6 Å². The highest BCUT2D eigenvalue weighted by molar-refractivity contribution is 6.58. The molecule has 0 saturated heterocycles. The molecule has 0 aliphatic rings. The lowest BCUT2D eigenvalue weighted by atomic mass is 9.80. The summed E-state index contributed by atoms with van der Waals surface area (Å²) in [4.78, 5) is 0. The molecule has 0 aliphatic carbocycles. The maximum atomic E-state index is 8.95. The molecule has 1 aromatic heterocycles. The second-order valence-corrected chi connectivity index (χ2v) is 3.55. The number of aromatic amines is 1. The van der Waals surface area contributed by atoms with Gasteiger partial charge in [-0.15, -0.1) is 10.2 Å². The van der Waals surface area contributed by atoms with E-state index in [2.05, 4.69) is 25.9 Å². The first kappa shape index (κ1) is 12.8. The Labute approximate surface area is 108 Å². The zero-order chi connectivity index (χ0) is 13.7. The third-order valence-electron chi connectivity index (χ3n) is 2.30. The molecule has 0 saturated carbocycles. The lowest BCUT2D eigenvalue weighted by molar-refractivity contribution is 0.426. The van der Waals surface area contributed by atoms with Gasteiger partial charge in [0.2, 0.25) is 5.82 Å². The van der Waals surface area contributed by atoms with Crippen LogP contribution in [0, 0.1) is 11.3 Å². The summed E-state index contributed by atoms with van der Waals surface area (Å²) in [6.07, 6.45) is 1.44. The first-order chi connectivity index (χ1) is 9.20. The van der Waals surface area contributed by atoms with Crippen LogP contribution < -0.4 is 10.8 Å². The molecule has 2 rings (SSSR count). The number of nitrogens with one attached hydrogen (secondary N) is 2. The number of hydrogen-bond acceptors (Lipinski definition) is 7. The SMILES string of the molecule is N#CC(=CNc1ccc(B(O)O)cc1)c1nn[nH]n1. The maximum absolute atomic E-state index is 8.95. The molecule has 0 fully saturated rings. The number of tetrazole rings is 1. The minimum Gasteiger partial charge on any atom is -0.423 e. The Morgan fingerprint density at radius 3 is 2.63 bits per heavy atom. The van der Waals surface area contributed by atoms with Crippen molar-refractivity contribution in [1.29, 1.82) is 5.26 Å². The fraction of sp³-hybridized carbons (Fsp3) is 0. The summed E-state index contributed by atoms with van der Waals surface area (Å²) in [5.74, 6) is 0.192. The number of aromatic nitrogens is 4. The maximum Gasteiger partial charge on any atom is 0.488 e. The summed E-state index contributed by atoms with van der Waals surface area (Å²) >= 11 is 0.